The summed E-state index contributed by atoms with van der Waals surface area (Å²) in [5.41, 5.74) is 6.46. The number of hydrogen-bond donors (Lipinski definition) is 1. The van der Waals surface area contributed by atoms with Crippen LogP contribution in [0.1, 0.15) is 75.6 Å². The second-order valence-corrected chi connectivity index (χ2v) is 8.51. The molecule has 0 spiro atoms. The summed E-state index contributed by atoms with van der Waals surface area (Å²) >= 11 is 0. The molecule has 0 radical (unpaired) electrons. The number of ether oxygens (including phenoxy) is 1. The molecule has 31 heavy (non-hydrogen) atoms. The third kappa shape index (κ3) is 7.29. The predicted molar refractivity (Wildman–Crippen MR) is 130 cm³/mol. The summed E-state index contributed by atoms with van der Waals surface area (Å²) < 4.78 is 6.40. The van der Waals surface area contributed by atoms with Crippen molar-refractivity contribution in [3.05, 3.63) is 94.6 Å². The third-order valence-electron chi connectivity index (χ3n) is 5.14. The maximum Gasteiger partial charge on any atom is 0.328 e. The van der Waals surface area contributed by atoms with E-state index in [0.717, 1.165) is 22.4 Å². The van der Waals surface area contributed by atoms with Gasteiger partial charge in [-0.15, -0.1) is 0 Å². The molecule has 2 rings (SSSR count). The zero-order chi connectivity index (χ0) is 23.0. The Hall–Kier alpha value is -3.07. The molecule has 3 heteroatoms. The van der Waals surface area contributed by atoms with Gasteiger partial charge in [0.1, 0.15) is 12.4 Å². The first kappa shape index (κ1) is 24.2. The van der Waals surface area contributed by atoms with Crippen molar-refractivity contribution in [1.29, 1.82) is 0 Å². The molecule has 1 N–H and O–H groups in total. The summed E-state index contributed by atoms with van der Waals surface area (Å²) in [5, 5.41) is 8.88. The van der Waals surface area contributed by atoms with Crippen molar-refractivity contribution >= 4 is 11.5 Å². The van der Waals surface area contributed by atoms with Gasteiger partial charge in [-0.2, -0.15) is 0 Å². The molecule has 0 aliphatic rings. The number of carbonyl (C=O) groups is 1. The smallest absolute Gasteiger partial charge is 0.328 e. The van der Waals surface area contributed by atoms with E-state index >= 15 is 0 Å². The third-order valence-corrected chi connectivity index (χ3v) is 5.14. The molecule has 2 aromatic carbocycles. The molecule has 0 heterocycles. The van der Waals surface area contributed by atoms with Gasteiger partial charge in [0.05, 0.1) is 0 Å². The Morgan fingerprint density at radius 2 is 1.71 bits per heavy atom. The lowest BCUT2D eigenvalue weighted by Crippen LogP contribution is -2.05. The highest BCUT2D eigenvalue weighted by Crippen LogP contribution is 2.38. The summed E-state index contributed by atoms with van der Waals surface area (Å²) in [6, 6.07) is 14.7. The Morgan fingerprint density at radius 3 is 2.29 bits per heavy atom. The van der Waals surface area contributed by atoms with Crippen molar-refractivity contribution in [2.24, 2.45) is 0 Å². The van der Waals surface area contributed by atoms with Crippen molar-refractivity contribution < 1.29 is 14.6 Å². The van der Waals surface area contributed by atoms with Gasteiger partial charge in [0.15, 0.2) is 0 Å². The van der Waals surface area contributed by atoms with Crippen LogP contribution in [0.15, 0.2) is 72.3 Å². The summed E-state index contributed by atoms with van der Waals surface area (Å²) in [5.74, 6) is 0.713. The maximum atomic E-state index is 10.8. The van der Waals surface area contributed by atoms with Gasteiger partial charge in [0.2, 0.25) is 0 Å². The average molecular weight is 419 g/mol. The second-order valence-electron chi connectivity index (χ2n) is 8.51. The molecule has 0 aromatic heterocycles. The van der Waals surface area contributed by atoms with Crippen molar-refractivity contribution in [1.82, 2.24) is 0 Å². The van der Waals surface area contributed by atoms with Crippen LogP contribution in [0.5, 0.6) is 5.75 Å². The van der Waals surface area contributed by atoms with Crippen LogP contribution < -0.4 is 4.74 Å². The summed E-state index contributed by atoms with van der Waals surface area (Å²) in [6.07, 6.45) is 6.91. The van der Waals surface area contributed by atoms with E-state index in [1.807, 2.05) is 30.4 Å². The Morgan fingerprint density at radius 1 is 1.03 bits per heavy atom. The van der Waals surface area contributed by atoms with E-state index in [1.54, 1.807) is 13.0 Å². The van der Waals surface area contributed by atoms with Crippen molar-refractivity contribution in [3.63, 3.8) is 0 Å². The molecular weight excluding hydrogens is 384 g/mol. The van der Waals surface area contributed by atoms with Crippen LogP contribution in [0.4, 0.5) is 0 Å². The van der Waals surface area contributed by atoms with Gasteiger partial charge in [0.25, 0.3) is 0 Å². The maximum absolute atomic E-state index is 10.8. The largest absolute Gasteiger partial charge is 0.488 e. The van der Waals surface area contributed by atoms with E-state index in [4.69, 9.17) is 9.84 Å². The molecule has 164 valence electrons. The fraction of sp³-hybridized carbons (Fsp3) is 0.321. The molecule has 3 nitrogen and oxygen atoms in total. The fourth-order valence-electron chi connectivity index (χ4n) is 3.30. The molecule has 0 fully saturated rings. The van der Waals surface area contributed by atoms with E-state index in [0.29, 0.717) is 24.0 Å². The van der Waals surface area contributed by atoms with Crippen LogP contribution in [-0.2, 0) is 11.4 Å². The van der Waals surface area contributed by atoms with Crippen LogP contribution in [0.2, 0.25) is 0 Å². The van der Waals surface area contributed by atoms with Gasteiger partial charge in [0, 0.05) is 11.6 Å². The van der Waals surface area contributed by atoms with Crippen LogP contribution in [0.25, 0.3) is 5.57 Å². The number of rotatable bonds is 9. The lowest BCUT2D eigenvalue weighted by Gasteiger charge is -2.21. The average Bonchev–Trinajstić information content (AvgIpc) is 2.71. The Labute approximate surface area is 186 Å². The highest BCUT2D eigenvalue weighted by atomic mass is 16.5. The first-order valence-corrected chi connectivity index (χ1v) is 10.8. The first-order valence-electron chi connectivity index (χ1n) is 10.8. The molecule has 0 atom stereocenters. The van der Waals surface area contributed by atoms with Crippen molar-refractivity contribution in [3.8, 4) is 5.75 Å². The monoisotopic (exact) mass is 418 g/mol. The number of benzene rings is 2. The standard InChI is InChI=1S/C28H34O3/c1-19(2)24-16-25(20(3)4)28(31-18-23-13-8-7-9-14-23)26(17-24)22(6)12-10-11-21(5)15-27(29)30/h7-17,19-20H,18H2,1-6H3,(H,29,30). The van der Waals surface area contributed by atoms with Crippen molar-refractivity contribution in [2.75, 3.05) is 0 Å². The molecule has 0 aliphatic heterocycles. The normalized spacial score (nSPS) is 12.8. The SMILES string of the molecule is CC(C=CC=C(C)c1cc(C(C)C)cc(C(C)C)c1OCc1ccccc1)=CC(=O)O. The highest BCUT2D eigenvalue weighted by Gasteiger charge is 2.17. The first-order chi connectivity index (χ1) is 14.7. The predicted octanol–water partition coefficient (Wildman–Crippen LogP) is 7.50. The Bertz CT molecular complexity index is 977. The minimum absolute atomic E-state index is 0.326. The van der Waals surface area contributed by atoms with Gasteiger partial charge in [-0.3, -0.25) is 0 Å². The van der Waals surface area contributed by atoms with E-state index in [9.17, 15) is 4.79 Å². The zero-order valence-electron chi connectivity index (χ0n) is 19.5. The lowest BCUT2D eigenvalue weighted by atomic mass is 9.89. The van der Waals surface area contributed by atoms with Gasteiger partial charge in [-0.1, -0.05) is 82.3 Å². The molecule has 0 amide bonds. The highest BCUT2D eigenvalue weighted by molar-refractivity contribution is 5.81. The van der Waals surface area contributed by atoms with Gasteiger partial charge >= 0.3 is 5.97 Å². The number of allylic oxidation sites excluding steroid dienone is 5. The molecule has 0 bridgehead atoms. The second kappa shape index (κ2) is 11.4. The Balaban J connectivity index is 2.49. The molecule has 2 aromatic rings. The molecule has 0 saturated heterocycles. The molecule has 0 aliphatic carbocycles. The number of aliphatic carboxylic acids is 1. The van der Waals surface area contributed by atoms with Crippen LogP contribution in [0, 0.1) is 0 Å². The van der Waals surface area contributed by atoms with Gasteiger partial charge in [-0.05, 0) is 59.6 Å². The number of carboxylic acids is 1. The summed E-state index contributed by atoms with van der Waals surface area (Å²) in [4.78, 5) is 10.8. The Kier molecular flexibility index (Phi) is 8.87. The van der Waals surface area contributed by atoms with E-state index in [2.05, 4.69) is 58.9 Å². The van der Waals surface area contributed by atoms with Crippen LogP contribution >= 0.6 is 0 Å². The molecule has 0 unspecified atom stereocenters. The number of carboxylic acid groups (broad SMARTS) is 1. The lowest BCUT2D eigenvalue weighted by molar-refractivity contribution is -0.131. The van der Waals surface area contributed by atoms with E-state index in [-0.39, 0.29) is 0 Å². The summed E-state index contributed by atoms with van der Waals surface area (Å²) in [7, 11) is 0. The van der Waals surface area contributed by atoms with Gasteiger partial charge < -0.3 is 9.84 Å². The van der Waals surface area contributed by atoms with E-state index < -0.39 is 5.97 Å². The summed E-state index contributed by atoms with van der Waals surface area (Å²) in [6.45, 7) is 13.1. The quantitative estimate of drug-likeness (QED) is 0.339. The van der Waals surface area contributed by atoms with Crippen LogP contribution in [0.3, 0.4) is 0 Å². The van der Waals surface area contributed by atoms with Crippen LogP contribution in [-0.4, -0.2) is 11.1 Å². The zero-order valence-corrected chi connectivity index (χ0v) is 19.5. The topological polar surface area (TPSA) is 46.5 Å². The minimum Gasteiger partial charge on any atom is -0.488 e. The minimum atomic E-state index is -0.939. The number of hydrogen-bond acceptors (Lipinski definition) is 2. The van der Waals surface area contributed by atoms with E-state index in [1.165, 1.54) is 17.2 Å². The van der Waals surface area contributed by atoms with Crippen molar-refractivity contribution in [2.45, 2.75) is 60.0 Å². The molecule has 0 saturated carbocycles. The fourth-order valence-corrected chi connectivity index (χ4v) is 3.30. The van der Waals surface area contributed by atoms with Gasteiger partial charge in [-0.25, -0.2) is 4.79 Å². The molecular formula is C28H34O3.